The number of methoxy groups -OCH3 is 2. The standard InChI is InChI=1S/C16H23NO3/c1-10(2)7-16(18)17-12(4)13-9-15(20-6)14(19-5)8-11(13)3/h7-9,12H,1-6H3,(H,17,18). The molecule has 4 nitrogen and oxygen atoms in total. The Kier molecular flexibility index (Phi) is 5.62. The van der Waals surface area contributed by atoms with Crippen LogP contribution in [0.15, 0.2) is 23.8 Å². The highest BCUT2D eigenvalue weighted by atomic mass is 16.5. The third-order valence-electron chi connectivity index (χ3n) is 3.02. The molecule has 0 heterocycles. The third kappa shape index (κ3) is 4.02. The fraction of sp³-hybridized carbons (Fsp3) is 0.438. The van der Waals surface area contributed by atoms with Crippen LogP contribution in [0.1, 0.15) is 37.9 Å². The minimum absolute atomic E-state index is 0.0910. The summed E-state index contributed by atoms with van der Waals surface area (Å²) in [5.41, 5.74) is 3.03. The minimum Gasteiger partial charge on any atom is -0.493 e. The number of allylic oxidation sites excluding steroid dienone is 1. The van der Waals surface area contributed by atoms with Gasteiger partial charge in [-0.2, -0.15) is 0 Å². The zero-order valence-corrected chi connectivity index (χ0v) is 13.0. The van der Waals surface area contributed by atoms with Crippen LogP contribution in [0, 0.1) is 6.92 Å². The van der Waals surface area contributed by atoms with Crippen molar-refractivity contribution in [2.45, 2.75) is 33.7 Å². The maximum atomic E-state index is 11.8. The van der Waals surface area contributed by atoms with Gasteiger partial charge in [0, 0.05) is 6.08 Å². The first kappa shape index (κ1) is 16.1. The molecule has 0 aliphatic heterocycles. The molecule has 1 aromatic rings. The lowest BCUT2D eigenvalue weighted by Gasteiger charge is -2.18. The van der Waals surface area contributed by atoms with Crippen molar-refractivity contribution in [3.05, 3.63) is 34.9 Å². The predicted octanol–water partition coefficient (Wildman–Crippen LogP) is 3.16. The summed E-state index contributed by atoms with van der Waals surface area (Å²) in [6.45, 7) is 7.73. The molecule has 0 aliphatic carbocycles. The van der Waals surface area contributed by atoms with Gasteiger partial charge in [0.05, 0.1) is 20.3 Å². The Bertz CT molecular complexity index is 517. The van der Waals surface area contributed by atoms with Gasteiger partial charge in [-0.3, -0.25) is 4.79 Å². The fourth-order valence-electron chi connectivity index (χ4n) is 2.06. The van der Waals surface area contributed by atoms with Crippen LogP contribution in [0.4, 0.5) is 0 Å². The minimum atomic E-state index is -0.0992. The second kappa shape index (κ2) is 6.98. The van der Waals surface area contributed by atoms with E-state index >= 15 is 0 Å². The molecule has 20 heavy (non-hydrogen) atoms. The van der Waals surface area contributed by atoms with Gasteiger partial charge in [-0.25, -0.2) is 0 Å². The smallest absolute Gasteiger partial charge is 0.244 e. The lowest BCUT2D eigenvalue weighted by atomic mass is 10.0. The maximum Gasteiger partial charge on any atom is 0.244 e. The quantitative estimate of drug-likeness (QED) is 0.841. The van der Waals surface area contributed by atoms with Gasteiger partial charge in [-0.15, -0.1) is 0 Å². The maximum absolute atomic E-state index is 11.8. The Morgan fingerprint density at radius 1 is 1.20 bits per heavy atom. The van der Waals surface area contributed by atoms with Crippen molar-refractivity contribution in [1.82, 2.24) is 5.32 Å². The van der Waals surface area contributed by atoms with Gasteiger partial charge < -0.3 is 14.8 Å². The number of ether oxygens (including phenoxy) is 2. The molecular weight excluding hydrogens is 254 g/mol. The van der Waals surface area contributed by atoms with E-state index < -0.39 is 0 Å². The van der Waals surface area contributed by atoms with E-state index in [1.807, 2.05) is 39.8 Å². The molecule has 0 spiro atoms. The topological polar surface area (TPSA) is 47.6 Å². The van der Waals surface area contributed by atoms with E-state index in [0.29, 0.717) is 11.5 Å². The molecule has 1 amide bonds. The first-order valence-electron chi connectivity index (χ1n) is 6.57. The van der Waals surface area contributed by atoms with E-state index in [0.717, 1.165) is 16.7 Å². The zero-order chi connectivity index (χ0) is 15.3. The molecule has 0 saturated heterocycles. The molecule has 1 rings (SSSR count). The molecule has 0 aromatic heterocycles. The van der Waals surface area contributed by atoms with Gasteiger partial charge in [0.25, 0.3) is 0 Å². The van der Waals surface area contributed by atoms with Crippen molar-refractivity contribution in [1.29, 1.82) is 0 Å². The van der Waals surface area contributed by atoms with Crippen LogP contribution in [-0.4, -0.2) is 20.1 Å². The van der Waals surface area contributed by atoms with E-state index in [1.54, 1.807) is 20.3 Å². The molecule has 4 heteroatoms. The summed E-state index contributed by atoms with van der Waals surface area (Å²) in [7, 11) is 3.21. The van der Waals surface area contributed by atoms with Crippen molar-refractivity contribution >= 4 is 5.91 Å². The van der Waals surface area contributed by atoms with Gasteiger partial charge in [-0.05, 0) is 51.0 Å². The Hall–Kier alpha value is -1.97. The first-order valence-corrected chi connectivity index (χ1v) is 6.57. The van der Waals surface area contributed by atoms with E-state index in [-0.39, 0.29) is 11.9 Å². The van der Waals surface area contributed by atoms with E-state index in [1.165, 1.54) is 0 Å². The second-order valence-corrected chi connectivity index (χ2v) is 5.02. The van der Waals surface area contributed by atoms with Gasteiger partial charge in [0.15, 0.2) is 11.5 Å². The predicted molar refractivity (Wildman–Crippen MR) is 80.3 cm³/mol. The third-order valence-corrected chi connectivity index (χ3v) is 3.02. The molecule has 1 aromatic carbocycles. The van der Waals surface area contributed by atoms with Crippen molar-refractivity contribution in [2.75, 3.05) is 14.2 Å². The van der Waals surface area contributed by atoms with Crippen LogP contribution in [0.2, 0.25) is 0 Å². The number of aryl methyl sites for hydroxylation is 1. The van der Waals surface area contributed by atoms with Crippen LogP contribution in [0.3, 0.4) is 0 Å². The largest absolute Gasteiger partial charge is 0.493 e. The highest BCUT2D eigenvalue weighted by molar-refractivity contribution is 5.88. The molecule has 0 radical (unpaired) electrons. The molecule has 1 unspecified atom stereocenters. The summed E-state index contributed by atoms with van der Waals surface area (Å²) in [6.07, 6.45) is 1.59. The second-order valence-electron chi connectivity index (χ2n) is 5.02. The number of nitrogens with one attached hydrogen (secondary N) is 1. The van der Waals surface area contributed by atoms with E-state index in [4.69, 9.17) is 9.47 Å². The monoisotopic (exact) mass is 277 g/mol. The summed E-state index contributed by atoms with van der Waals surface area (Å²) >= 11 is 0. The number of amides is 1. The van der Waals surface area contributed by atoms with Crippen molar-refractivity contribution in [3.63, 3.8) is 0 Å². The molecule has 0 aliphatic rings. The van der Waals surface area contributed by atoms with Crippen LogP contribution in [-0.2, 0) is 4.79 Å². The molecule has 1 N–H and O–H groups in total. The normalized spacial score (nSPS) is 11.5. The molecule has 0 bridgehead atoms. The molecule has 110 valence electrons. The lowest BCUT2D eigenvalue weighted by molar-refractivity contribution is -0.117. The average molecular weight is 277 g/mol. The Labute approximate surface area is 120 Å². The summed E-state index contributed by atoms with van der Waals surface area (Å²) < 4.78 is 10.6. The summed E-state index contributed by atoms with van der Waals surface area (Å²) in [5.74, 6) is 1.26. The summed E-state index contributed by atoms with van der Waals surface area (Å²) in [6, 6.07) is 3.72. The molecular formula is C16H23NO3. The highest BCUT2D eigenvalue weighted by Gasteiger charge is 2.14. The Balaban J connectivity index is 3.01. The number of carbonyl (C=O) groups is 1. The van der Waals surface area contributed by atoms with Crippen molar-refractivity contribution in [3.8, 4) is 11.5 Å². The summed E-state index contributed by atoms with van der Waals surface area (Å²) in [4.78, 5) is 11.8. The van der Waals surface area contributed by atoms with Crippen LogP contribution in [0.25, 0.3) is 0 Å². The number of hydrogen-bond acceptors (Lipinski definition) is 3. The number of benzene rings is 1. The van der Waals surface area contributed by atoms with Crippen molar-refractivity contribution < 1.29 is 14.3 Å². The number of hydrogen-bond donors (Lipinski definition) is 1. The SMILES string of the molecule is COc1cc(C)c(C(C)NC(=O)C=C(C)C)cc1OC. The lowest BCUT2D eigenvalue weighted by Crippen LogP contribution is -2.25. The van der Waals surface area contributed by atoms with E-state index in [2.05, 4.69) is 5.32 Å². The van der Waals surface area contributed by atoms with Gasteiger partial charge in [-0.1, -0.05) is 5.57 Å². The van der Waals surface area contributed by atoms with Crippen molar-refractivity contribution in [2.24, 2.45) is 0 Å². The zero-order valence-electron chi connectivity index (χ0n) is 13.0. The highest BCUT2D eigenvalue weighted by Crippen LogP contribution is 2.32. The van der Waals surface area contributed by atoms with E-state index in [9.17, 15) is 4.79 Å². The van der Waals surface area contributed by atoms with Gasteiger partial charge in [0.1, 0.15) is 0 Å². The fourth-order valence-corrected chi connectivity index (χ4v) is 2.06. The molecule has 0 fully saturated rings. The molecule has 0 saturated carbocycles. The Morgan fingerprint density at radius 2 is 1.75 bits per heavy atom. The first-order chi connectivity index (χ1) is 9.38. The summed E-state index contributed by atoms with van der Waals surface area (Å²) in [5, 5.41) is 2.95. The van der Waals surface area contributed by atoms with Gasteiger partial charge in [0.2, 0.25) is 5.91 Å². The Morgan fingerprint density at radius 3 is 2.25 bits per heavy atom. The van der Waals surface area contributed by atoms with Crippen LogP contribution in [0.5, 0.6) is 11.5 Å². The van der Waals surface area contributed by atoms with Gasteiger partial charge >= 0.3 is 0 Å². The number of carbonyl (C=O) groups excluding carboxylic acids is 1. The van der Waals surface area contributed by atoms with Crippen LogP contribution < -0.4 is 14.8 Å². The van der Waals surface area contributed by atoms with Crippen LogP contribution >= 0.6 is 0 Å². The average Bonchev–Trinajstić information content (AvgIpc) is 2.36. The number of rotatable bonds is 5. The molecule has 1 atom stereocenters.